The fraction of sp³-hybridized carbons (Fsp3) is 0.344. The zero-order valence-corrected chi connectivity index (χ0v) is 22.0. The highest BCUT2D eigenvalue weighted by Gasteiger charge is 2.33. The maximum absolute atomic E-state index is 13.0. The lowest BCUT2D eigenvalue weighted by Gasteiger charge is -2.21. The molecule has 3 aromatic carbocycles. The fourth-order valence-electron chi connectivity index (χ4n) is 6.17. The summed E-state index contributed by atoms with van der Waals surface area (Å²) < 4.78 is 17.0. The number of aromatic nitrogens is 1. The van der Waals surface area contributed by atoms with Crippen LogP contribution in [0.25, 0.3) is 10.9 Å². The van der Waals surface area contributed by atoms with Crippen molar-refractivity contribution in [1.29, 1.82) is 0 Å². The highest BCUT2D eigenvalue weighted by molar-refractivity contribution is 5.99. The van der Waals surface area contributed by atoms with Gasteiger partial charge in [-0.15, -0.1) is 0 Å². The Morgan fingerprint density at radius 1 is 1.03 bits per heavy atom. The van der Waals surface area contributed by atoms with E-state index < -0.39 is 0 Å². The van der Waals surface area contributed by atoms with Crippen LogP contribution in [-0.2, 0) is 19.6 Å². The van der Waals surface area contributed by atoms with Gasteiger partial charge in [0, 0.05) is 42.3 Å². The smallest absolute Gasteiger partial charge is 0.254 e. The Morgan fingerprint density at radius 3 is 2.79 bits per heavy atom. The number of amides is 1. The van der Waals surface area contributed by atoms with E-state index in [1.165, 1.54) is 16.5 Å². The first-order valence-electron chi connectivity index (χ1n) is 13.9. The van der Waals surface area contributed by atoms with Crippen molar-refractivity contribution in [2.45, 2.75) is 32.4 Å². The summed E-state index contributed by atoms with van der Waals surface area (Å²) in [4.78, 5) is 21.0. The van der Waals surface area contributed by atoms with Crippen molar-refractivity contribution in [1.82, 2.24) is 14.8 Å². The van der Waals surface area contributed by atoms with Gasteiger partial charge in [-0.1, -0.05) is 30.3 Å². The molecule has 7 heteroatoms. The van der Waals surface area contributed by atoms with Crippen LogP contribution in [0.15, 0.2) is 66.9 Å². The second-order valence-corrected chi connectivity index (χ2v) is 10.9. The zero-order valence-electron chi connectivity index (χ0n) is 22.0. The fourth-order valence-corrected chi connectivity index (χ4v) is 6.17. The molecule has 0 bridgehead atoms. The molecule has 0 aliphatic carbocycles. The molecule has 7 rings (SSSR count). The summed E-state index contributed by atoms with van der Waals surface area (Å²) in [6.07, 6.45) is 5.41. The monoisotopic (exact) mass is 523 g/mol. The molecule has 4 aromatic rings. The summed E-state index contributed by atoms with van der Waals surface area (Å²) in [5, 5.41) is 1.24. The van der Waals surface area contributed by atoms with Crippen molar-refractivity contribution in [2.75, 3.05) is 33.0 Å². The minimum absolute atomic E-state index is 0.119. The molecule has 4 heterocycles. The van der Waals surface area contributed by atoms with Gasteiger partial charge in [0.15, 0.2) is 11.5 Å². The second-order valence-electron chi connectivity index (χ2n) is 10.9. The normalized spacial score (nSPS) is 18.3. The molecule has 1 fully saturated rings. The average molecular weight is 524 g/mol. The number of aryl methyl sites for hydroxylation is 1. The van der Waals surface area contributed by atoms with E-state index in [1.807, 2.05) is 41.3 Å². The summed E-state index contributed by atoms with van der Waals surface area (Å²) in [6.45, 7) is 5.50. The second kappa shape index (κ2) is 10.3. The van der Waals surface area contributed by atoms with Crippen LogP contribution in [0, 0.1) is 5.92 Å². The van der Waals surface area contributed by atoms with Gasteiger partial charge >= 0.3 is 0 Å². The highest BCUT2D eigenvalue weighted by atomic mass is 16.7. The third-order valence-corrected chi connectivity index (χ3v) is 8.23. The molecular weight excluding hydrogens is 490 g/mol. The van der Waals surface area contributed by atoms with Gasteiger partial charge in [0.25, 0.3) is 5.91 Å². The van der Waals surface area contributed by atoms with Crippen LogP contribution in [-0.4, -0.2) is 53.7 Å². The average Bonchev–Trinajstić information content (AvgIpc) is 3.75. The first-order chi connectivity index (χ1) is 19.2. The van der Waals surface area contributed by atoms with Gasteiger partial charge in [0.1, 0.15) is 12.4 Å². The number of nitrogens with one attached hydrogen (secondary N) is 1. The third kappa shape index (κ3) is 4.94. The molecule has 3 aliphatic rings. The lowest BCUT2D eigenvalue weighted by Crippen LogP contribution is -2.31. The predicted molar refractivity (Wildman–Crippen MR) is 149 cm³/mol. The number of hydrogen-bond acceptors (Lipinski definition) is 5. The number of fused-ring (bicyclic) bond motifs is 3. The molecule has 1 unspecified atom stereocenters. The number of nitrogens with zero attached hydrogens (tertiary/aromatic N) is 2. The molecular formula is C32H33N3O4. The Kier molecular flexibility index (Phi) is 6.37. The van der Waals surface area contributed by atoms with E-state index in [1.54, 1.807) is 0 Å². The number of H-pyrrole nitrogens is 1. The van der Waals surface area contributed by atoms with Gasteiger partial charge in [0.2, 0.25) is 6.79 Å². The molecule has 200 valence electrons. The van der Waals surface area contributed by atoms with Crippen LogP contribution in [0.1, 0.15) is 39.9 Å². The van der Waals surface area contributed by atoms with Crippen molar-refractivity contribution in [3.8, 4) is 17.2 Å². The molecule has 1 atom stereocenters. The molecule has 1 aromatic heterocycles. The van der Waals surface area contributed by atoms with Crippen molar-refractivity contribution >= 4 is 16.8 Å². The summed E-state index contributed by atoms with van der Waals surface area (Å²) in [6, 6.07) is 20.4. The van der Waals surface area contributed by atoms with Crippen LogP contribution < -0.4 is 14.2 Å². The van der Waals surface area contributed by atoms with E-state index >= 15 is 0 Å². The Balaban J connectivity index is 0.902. The van der Waals surface area contributed by atoms with Gasteiger partial charge in [0.05, 0.1) is 0 Å². The summed E-state index contributed by atoms with van der Waals surface area (Å²) >= 11 is 0. The Morgan fingerprint density at radius 2 is 1.90 bits per heavy atom. The summed E-state index contributed by atoms with van der Waals surface area (Å²) in [5.41, 5.74) is 5.47. The Labute approximate surface area is 228 Å². The lowest BCUT2D eigenvalue weighted by atomic mass is 10.1. The van der Waals surface area contributed by atoms with Crippen molar-refractivity contribution in [3.05, 3.63) is 89.1 Å². The maximum atomic E-state index is 13.0. The summed E-state index contributed by atoms with van der Waals surface area (Å²) in [5.74, 6) is 2.97. The molecule has 1 N–H and O–H groups in total. The molecule has 0 spiro atoms. The van der Waals surface area contributed by atoms with Crippen LogP contribution in [0.5, 0.6) is 17.2 Å². The SMILES string of the molecule is O=C1c2cc3c(cc2CN1CC1CCN(CCCc2c[nH]c4ccc(OCc5ccccc5)cc24)C1)OCO3. The number of ether oxygens (including phenoxy) is 3. The standard InChI is InChI=1S/C32H33N3O4/c36-32-28-15-31-30(38-21-39-31)13-25(28)19-35(32)18-23-10-12-34(17-23)11-4-7-24-16-33-29-9-8-26(14-27(24)29)37-20-22-5-2-1-3-6-22/h1-3,5-6,8-9,13-16,23,33H,4,7,10-12,17-21H2. The number of likely N-dealkylation sites (tertiary alicyclic amines) is 1. The van der Waals surface area contributed by atoms with Crippen molar-refractivity contribution in [2.24, 2.45) is 5.92 Å². The van der Waals surface area contributed by atoms with E-state index in [4.69, 9.17) is 14.2 Å². The highest BCUT2D eigenvalue weighted by Crippen LogP contribution is 2.38. The number of carbonyl (C=O) groups excluding carboxylic acids is 1. The maximum Gasteiger partial charge on any atom is 0.254 e. The van der Waals surface area contributed by atoms with E-state index in [-0.39, 0.29) is 12.7 Å². The molecule has 7 nitrogen and oxygen atoms in total. The third-order valence-electron chi connectivity index (χ3n) is 8.23. The zero-order chi connectivity index (χ0) is 26.2. The molecule has 3 aliphatic heterocycles. The quantitative estimate of drug-likeness (QED) is 0.319. The van der Waals surface area contributed by atoms with Crippen LogP contribution in [0.2, 0.25) is 0 Å². The van der Waals surface area contributed by atoms with Crippen LogP contribution in [0.4, 0.5) is 0 Å². The molecule has 1 saturated heterocycles. The summed E-state index contributed by atoms with van der Waals surface area (Å²) in [7, 11) is 0. The number of benzene rings is 3. The van der Waals surface area contributed by atoms with Gasteiger partial charge in [-0.25, -0.2) is 0 Å². The molecule has 39 heavy (non-hydrogen) atoms. The van der Waals surface area contributed by atoms with Crippen LogP contribution in [0.3, 0.4) is 0 Å². The van der Waals surface area contributed by atoms with Gasteiger partial charge in [-0.2, -0.15) is 0 Å². The van der Waals surface area contributed by atoms with E-state index in [0.717, 1.165) is 73.6 Å². The lowest BCUT2D eigenvalue weighted by molar-refractivity contribution is 0.0752. The van der Waals surface area contributed by atoms with E-state index in [9.17, 15) is 4.79 Å². The first-order valence-corrected chi connectivity index (χ1v) is 13.9. The Bertz CT molecular complexity index is 1500. The van der Waals surface area contributed by atoms with E-state index in [0.29, 0.717) is 24.8 Å². The molecule has 0 saturated carbocycles. The van der Waals surface area contributed by atoms with Crippen molar-refractivity contribution in [3.63, 3.8) is 0 Å². The number of carbonyl (C=O) groups is 1. The number of hydrogen-bond donors (Lipinski definition) is 1. The predicted octanol–water partition coefficient (Wildman–Crippen LogP) is 5.39. The van der Waals surface area contributed by atoms with Crippen molar-refractivity contribution < 1.29 is 19.0 Å². The largest absolute Gasteiger partial charge is 0.489 e. The minimum atomic E-state index is 0.119. The van der Waals surface area contributed by atoms with E-state index in [2.05, 4.69) is 40.3 Å². The van der Waals surface area contributed by atoms with Gasteiger partial charge in [-0.05, 0) is 85.3 Å². The molecule has 1 amide bonds. The van der Waals surface area contributed by atoms with Gasteiger partial charge in [-0.3, -0.25) is 4.79 Å². The van der Waals surface area contributed by atoms with Gasteiger partial charge < -0.3 is 29.0 Å². The minimum Gasteiger partial charge on any atom is -0.489 e. The number of aromatic amines is 1. The first kappa shape index (κ1) is 24.1. The van der Waals surface area contributed by atoms with Crippen LogP contribution >= 0.6 is 0 Å². The number of rotatable bonds is 9. The molecule has 0 radical (unpaired) electrons. The Hall–Kier alpha value is -3.97. The topological polar surface area (TPSA) is 67.0 Å².